The Hall–Kier alpha value is -4.32. The second-order valence-corrected chi connectivity index (χ2v) is 10.1. The Balaban J connectivity index is 1.45. The van der Waals surface area contributed by atoms with Gasteiger partial charge in [-0.25, -0.2) is 0 Å². The van der Waals surface area contributed by atoms with Gasteiger partial charge in [-0.3, -0.25) is 24.3 Å². The molecule has 0 saturated heterocycles. The van der Waals surface area contributed by atoms with Gasteiger partial charge >= 0.3 is 0 Å². The Morgan fingerprint density at radius 1 is 0.872 bits per heavy atom. The maximum absolute atomic E-state index is 13.8. The summed E-state index contributed by atoms with van der Waals surface area (Å²) in [6, 6.07) is 20.6. The number of nitrogens with one attached hydrogen (secondary N) is 1. The van der Waals surface area contributed by atoms with Gasteiger partial charge in [0.2, 0.25) is 5.91 Å². The van der Waals surface area contributed by atoms with Crippen molar-refractivity contribution in [3.63, 3.8) is 0 Å². The third-order valence-electron chi connectivity index (χ3n) is 7.39. The number of carbonyl (C=O) groups is 3. The topological polar surface area (TPSA) is 79.4 Å². The third kappa shape index (κ3) is 5.46. The van der Waals surface area contributed by atoms with Crippen LogP contribution in [0.3, 0.4) is 0 Å². The van der Waals surface area contributed by atoms with E-state index < -0.39 is 5.92 Å². The van der Waals surface area contributed by atoms with Gasteiger partial charge in [0.15, 0.2) is 0 Å². The first kappa shape index (κ1) is 26.3. The van der Waals surface area contributed by atoms with Crippen molar-refractivity contribution in [3.05, 3.63) is 107 Å². The number of benzene rings is 3. The molecule has 1 aromatic heterocycles. The van der Waals surface area contributed by atoms with Crippen molar-refractivity contribution < 1.29 is 14.4 Å². The standard InChI is InChI=1S/C33H33N3O3/c1-3-5-9-22-12-14-23(15-13-22)30(21-36-32(38)27-10-6-7-11-28(27)33(36)39)31(37)35-26-17-16-25-20-34-19-24(8-4-2)29(25)18-26/h6-7,10-20,30H,3-5,8-9,21H2,1-2H3,(H,35,37). The fraction of sp³-hybridized carbons (Fsp3) is 0.273. The number of anilines is 1. The molecule has 1 N–H and O–H groups in total. The number of unbranched alkanes of at least 4 members (excludes halogenated alkanes) is 1. The first-order valence-electron chi connectivity index (χ1n) is 13.7. The van der Waals surface area contributed by atoms with E-state index in [4.69, 9.17) is 0 Å². The van der Waals surface area contributed by atoms with E-state index in [-0.39, 0.29) is 24.3 Å². The molecule has 1 aliphatic rings. The number of hydrogen-bond acceptors (Lipinski definition) is 4. The maximum atomic E-state index is 13.8. The van der Waals surface area contributed by atoms with Crippen LogP contribution in [0.2, 0.25) is 0 Å². The average Bonchev–Trinajstić information content (AvgIpc) is 3.20. The number of nitrogens with zero attached hydrogens (tertiary/aromatic N) is 2. The lowest BCUT2D eigenvalue weighted by Crippen LogP contribution is -2.38. The van der Waals surface area contributed by atoms with Crippen LogP contribution in [0.5, 0.6) is 0 Å². The summed E-state index contributed by atoms with van der Waals surface area (Å²) in [6.45, 7) is 4.25. The third-order valence-corrected chi connectivity index (χ3v) is 7.39. The number of pyridine rings is 1. The first-order valence-corrected chi connectivity index (χ1v) is 13.7. The molecular formula is C33H33N3O3. The predicted molar refractivity (Wildman–Crippen MR) is 154 cm³/mol. The molecule has 3 amide bonds. The molecule has 0 aliphatic carbocycles. The van der Waals surface area contributed by atoms with Gasteiger partial charge in [-0.1, -0.05) is 69.2 Å². The molecule has 0 saturated carbocycles. The molecule has 2 heterocycles. The number of amides is 3. The first-order chi connectivity index (χ1) is 19.0. The molecule has 1 unspecified atom stereocenters. The summed E-state index contributed by atoms with van der Waals surface area (Å²) >= 11 is 0. The van der Waals surface area contributed by atoms with E-state index in [0.29, 0.717) is 16.8 Å². The van der Waals surface area contributed by atoms with E-state index in [2.05, 4.69) is 24.1 Å². The summed E-state index contributed by atoms with van der Waals surface area (Å²) in [5, 5.41) is 5.14. The molecule has 6 nitrogen and oxygen atoms in total. The summed E-state index contributed by atoms with van der Waals surface area (Å²) < 4.78 is 0. The molecule has 198 valence electrons. The van der Waals surface area contributed by atoms with Gasteiger partial charge in [0.25, 0.3) is 11.8 Å². The van der Waals surface area contributed by atoms with Crippen LogP contribution in [0.1, 0.15) is 76.4 Å². The Morgan fingerprint density at radius 3 is 2.26 bits per heavy atom. The van der Waals surface area contributed by atoms with Gasteiger partial charge in [0, 0.05) is 30.0 Å². The molecule has 0 bridgehead atoms. The SMILES string of the molecule is CCCCc1ccc(C(CN2C(=O)c3ccccc3C2=O)C(=O)Nc2ccc3cncc(CCC)c3c2)cc1. The summed E-state index contributed by atoms with van der Waals surface area (Å²) in [5.41, 5.74) is 4.53. The molecule has 39 heavy (non-hydrogen) atoms. The minimum absolute atomic E-state index is 0.0366. The number of aryl methyl sites for hydroxylation is 2. The lowest BCUT2D eigenvalue weighted by Gasteiger charge is -2.23. The van der Waals surface area contributed by atoms with E-state index in [1.54, 1.807) is 24.3 Å². The second kappa shape index (κ2) is 11.6. The average molecular weight is 520 g/mol. The molecule has 4 aromatic rings. The molecule has 0 spiro atoms. The van der Waals surface area contributed by atoms with Crippen LogP contribution in [0, 0.1) is 0 Å². The zero-order valence-corrected chi connectivity index (χ0v) is 22.4. The fourth-order valence-corrected chi connectivity index (χ4v) is 5.22. The zero-order valence-electron chi connectivity index (χ0n) is 22.4. The second-order valence-electron chi connectivity index (χ2n) is 10.1. The minimum atomic E-state index is -0.726. The van der Waals surface area contributed by atoms with Crippen LogP contribution < -0.4 is 5.32 Å². The van der Waals surface area contributed by atoms with Gasteiger partial charge in [-0.05, 0) is 65.6 Å². The largest absolute Gasteiger partial charge is 0.325 e. The van der Waals surface area contributed by atoms with E-state index in [1.165, 1.54) is 10.5 Å². The highest BCUT2D eigenvalue weighted by Crippen LogP contribution is 2.29. The van der Waals surface area contributed by atoms with Crippen LogP contribution in [0.25, 0.3) is 10.8 Å². The van der Waals surface area contributed by atoms with Gasteiger partial charge in [0.05, 0.1) is 17.0 Å². The quantitative estimate of drug-likeness (QED) is 0.241. The smallest absolute Gasteiger partial charge is 0.261 e. The number of aromatic nitrogens is 1. The minimum Gasteiger partial charge on any atom is -0.325 e. The highest BCUT2D eigenvalue weighted by molar-refractivity contribution is 6.21. The molecular weight excluding hydrogens is 486 g/mol. The Bertz CT molecular complexity index is 1490. The van der Waals surface area contributed by atoms with Crippen molar-refractivity contribution in [2.45, 2.75) is 51.9 Å². The lowest BCUT2D eigenvalue weighted by molar-refractivity contribution is -0.117. The molecule has 6 heteroatoms. The van der Waals surface area contributed by atoms with Crippen molar-refractivity contribution in [2.75, 3.05) is 11.9 Å². The monoisotopic (exact) mass is 519 g/mol. The molecule has 1 atom stereocenters. The predicted octanol–water partition coefficient (Wildman–Crippen LogP) is 6.55. The van der Waals surface area contributed by atoms with Crippen molar-refractivity contribution in [1.82, 2.24) is 9.88 Å². The zero-order chi connectivity index (χ0) is 27.4. The van der Waals surface area contributed by atoms with Crippen LogP contribution in [0.4, 0.5) is 5.69 Å². The van der Waals surface area contributed by atoms with Gasteiger partial charge < -0.3 is 5.32 Å². The van der Waals surface area contributed by atoms with Gasteiger partial charge in [-0.15, -0.1) is 0 Å². The van der Waals surface area contributed by atoms with E-state index in [9.17, 15) is 14.4 Å². The van der Waals surface area contributed by atoms with Crippen molar-refractivity contribution in [2.24, 2.45) is 0 Å². The van der Waals surface area contributed by atoms with Crippen molar-refractivity contribution in [1.29, 1.82) is 0 Å². The Morgan fingerprint density at radius 2 is 1.59 bits per heavy atom. The molecule has 1 aliphatic heterocycles. The number of fused-ring (bicyclic) bond motifs is 2. The van der Waals surface area contributed by atoms with Gasteiger partial charge in [0.1, 0.15) is 0 Å². The lowest BCUT2D eigenvalue weighted by atomic mass is 9.95. The highest BCUT2D eigenvalue weighted by Gasteiger charge is 2.38. The summed E-state index contributed by atoms with van der Waals surface area (Å²) in [5.74, 6) is -1.72. The van der Waals surface area contributed by atoms with E-state index in [0.717, 1.165) is 54.0 Å². The fourth-order valence-electron chi connectivity index (χ4n) is 5.22. The Kier molecular flexibility index (Phi) is 7.82. The van der Waals surface area contributed by atoms with Crippen LogP contribution in [-0.4, -0.2) is 34.2 Å². The number of carbonyl (C=O) groups excluding carboxylic acids is 3. The van der Waals surface area contributed by atoms with Crippen molar-refractivity contribution in [3.8, 4) is 0 Å². The number of hydrogen-bond donors (Lipinski definition) is 1. The van der Waals surface area contributed by atoms with Crippen LogP contribution in [-0.2, 0) is 17.6 Å². The molecule has 0 radical (unpaired) electrons. The normalized spacial score (nSPS) is 13.5. The van der Waals surface area contributed by atoms with Crippen molar-refractivity contribution >= 4 is 34.2 Å². The summed E-state index contributed by atoms with van der Waals surface area (Å²) in [6.07, 6.45) is 8.76. The summed E-state index contributed by atoms with van der Waals surface area (Å²) in [7, 11) is 0. The van der Waals surface area contributed by atoms with Crippen LogP contribution in [0.15, 0.2) is 79.1 Å². The summed E-state index contributed by atoms with van der Waals surface area (Å²) in [4.78, 5) is 45.6. The number of imide groups is 1. The Labute approximate surface area is 229 Å². The highest BCUT2D eigenvalue weighted by atomic mass is 16.2. The number of rotatable bonds is 10. The van der Waals surface area contributed by atoms with E-state index >= 15 is 0 Å². The molecule has 5 rings (SSSR count). The van der Waals surface area contributed by atoms with Gasteiger partial charge in [-0.2, -0.15) is 0 Å². The molecule has 3 aromatic carbocycles. The molecule has 0 fully saturated rings. The van der Waals surface area contributed by atoms with Crippen LogP contribution >= 0.6 is 0 Å². The van der Waals surface area contributed by atoms with E-state index in [1.807, 2.05) is 54.9 Å². The maximum Gasteiger partial charge on any atom is 0.261 e.